The van der Waals surface area contributed by atoms with Gasteiger partial charge in [0.2, 0.25) is 10.0 Å². The molecule has 4 aromatic carbocycles. The van der Waals surface area contributed by atoms with Crippen LogP contribution in [0.25, 0.3) is 0 Å². The molecule has 0 unspecified atom stereocenters. The van der Waals surface area contributed by atoms with Crippen molar-refractivity contribution in [2.24, 2.45) is 4.99 Å². The van der Waals surface area contributed by atoms with Crippen molar-refractivity contribution in [3.8, 4) is 0 Å². The standard InChI is InChI=1S/C31H30N2O4S/c1-23-17-19-27(20-18-23)38(35,36)33-28(24-11-5-2-6-12-24)21-30-32-29(22-37-30)31(34,25-13-7-3-8-14-25)26-15-9-4-10-16-26/h2-20,28-29,33-34H,21-22H2,1H3/t28-,29-/m0/s1. The summed E-state index contributed by atoms with van der Waals surface area (Å²) in [7, 11) is -3.80. The van der Waals surface area contributed by atoms with E-state index < -0.39 is 27.7 Å². The summed E-state index contributed by atoms with van der Waals surface area (Å²) < 4.78 is 35.4. The molecule has 0 radical (unpaired) electrons. The van der Waals surface area contributed by atoms with Crippen LogP contribution < -0.4 is 4.72 Å². The normalized spacial score (nSPS) is 16.5. The molecule has 0 spiro atoms. The van der Waals surface area contributed by atoms with Crippen molar-refractivity contribution in [2.75, 3.05) is 6.61 Å². The van der Waals surface area contributed by atoms with Crippen LogP contribution in [-0.2, 0) is 20.4 Å². The van der Waals surface area contributed by atoms with E-state index in [4.69, 9.17) is 9.73 Å². The summed E-state index contributed by atoms with van der Waals surface area (Å²) in [6, 6.07) is 33.7. The lowest BCUT2D eigenvalue weighted by Crippen LogP contribution is -2.40. The Labute approximate surface area is 223 Å². The van der Waals surface area contributed by atoms with Crippen LogP contribution in [-0.4, -0.2) is 32.1 Å². The lowest BCUT2D eigenvalue weighted by atomic mass is 9.81. The SMILES string of the molecule is Cc1ccc(S(=O)(=O)N[C@@H](CC2=N[C@H](C(O)(c3ccccc3)c3ccccc3)CO2)c2ccccc2)cc1. The predicted octanol–water partition coefficient (Wildman–Crippen LogP) is 5.14. The Morgan fingerprint density at radius 2 is 1.39 bits per heavy atom. The van der Waals surface area contributed by atoms with Gasteiger partial charge in [0.05, 0.1) is 10.9 Å². The molecule has 6 nitrogen and oxygen atoms in total. The number of nitrogens with zero attached hydrogens (tertiary/aromatic N) is 1. The van der Waals surface area contributed by atoms with Crippen molar-refractivity contribution < 1.29 is 18.3 Å². The van der Waals surface area contributed by atoms with Crippen LogP contribution in [0.5, 0.6) is 0 Å². The summed E-state index contributed by atoms with van der Waals surface area (Å²) in [6.45, 7) is 2.08. The van der Waals surface area contributed by atoms with Crippen molar-refractivity contribution in [3.05, 3.63) is 138 Å². The number of rotatable bonds is 9. The molecule has 2 N–H and O–H groups in total. The van der Waals surface area contributed by atoms with Gasteiger partial charge in [-0.15, -0.1) is 0 Å². The fourth-order valence-electron chi connectivity index (χ4n) is 4.75. The van der Waals surface area contributed by atoms with E-state index in [-0.39, 0.29) is 17.9 Å². The Balaban J connectivity index is 1.46. The molecule has 2 atom stereocenters. The summed E-state index contributed by atoms with van der Waals surface area (Å²) >= 11 is 0. The Hall–Kier alpha value is -3.78. The first-order valence-electron chi connectivity index (χ1n) is 12.5. The molecule has 0 fully saturated rings. The van der Waals surface area contributed by atoms with Gasteiger partial charge >= 0.3 is 0 Å². The summed E-state index contributed by atoms with van der Waals surface area (Å²) in [5.41, 5.74) is 1.79. The Bertz CT molecular complexity index is 1450. The minimum atomic E-state index is -3.80. The molecule has 0 aliphatic carbocycles. The number of aryl methyl sites for hydroxylation is 1. The van der Waals surface area contributed by atoms with Crippen molar-refractivity contribution in [2.45, 2.75) is 35.9 Å². The second-order valence-corrected chi connectivity index (χ2v) is 11.2. The quantitative estimate of drug-likeness (QED) is 0.316. The Morgan fingerprint density at radius 1 is 0.868 bits per heavy atom. The van der Waals surface area contributed by atoms with Crippen LogP contribution in [0.4, 0.5) is 0 Å². The summed E-state index contributed by atoms with van der Waals surface area (Å²) in [6.07, 6.45) is 0.200. The van der Waals surface area contributed by atoms with Gasteiger partial charge in [-0.3, -0.25) is 0 Å². The zero-order valence-corrected chi connectivity index (χ0v) is 21.9. The van der Waals surface area contributed by atoms with Crippen LogP contribution in [0.15, 0.2) is 125 Å². The van der Waals surface area contributed by atoms with Gasteiger partial charge in [-0.05, 0) is 35.7 Å². The van der Waals surface area contributed by atoms with Gasteiger partial charge in [0, 0.05) is 6.42 Å². The fourth-order valence-corrected chi connectivity index (χ4v) is 5.97. The monoisotopic (exact) mass is 526 g/mol. The number of ether oxygens (including phenoxy) is 1. The molecule has 0 saturated heterocycles. The average molecular weight is 527 g/mol. The zero-order chi connectivity index (χ0) is 26.6. The van der Waals surface area contributed by atoms with Crippen LogP contribution in [0, 0.1) is 6.92 Å². The number of aliphatic imine (C=N–C) groups is 1. The summed E-state index contributed by atoms with van der Waals surface area (Å²) in [4.78, 5) is 5.00. The van der Waals surface area contributed by atoms with Gasteiger partial charge in [0.15, 0.2) is 5.90 Å². The molecule has 1 aliphatic rings. The zero-order valence-electron chi connectivity index (χ0n) is 21.1. The van der Waals surface area contributed by atoms with Crippen LogP contribution >= 0.6 is 0 Å². The third kappa shape index (κ3) is 5.41. The van der Waals surface area contributed by atoms with Gasteiger partial charge in [0.1, 0.15) is 18.2 Å². The van der Waals surface area contributed by atoms with Crippen molar-refractivity contribution in [3.63, 3.8) is 0 Å². The summed E-state index contributed by atoms with van der Waals surface area (Å²) in [5.74, 6) is 0.390. The van der Waals surface area contributed by atoms with E-state index in [9.17, 15) is 13.5 Å². The highest BCUT2D eigenvalue weighted by Crippen LogP contribution is 2.37. The minimum Gasteiger partial charge on any atom is -0.478 e. The fraction of sp³-hybridized carbons (Fsp3) is 0.194. The Morgan fingerprint density at radius 3 is 1.95 bits per heavy atom. The van der Waals surface area contributed by atoms with E-state index >= 15 is 0 Å². The van der Waals surface area contributed by atoms with E-state index in [0.717, 1.165) is 11.1 Å². The topological polar surface area (TPSA) is 88.0 Å². The molecule has 1 aliphatic heterocycles. The van der Waals surface area contributed by atoms with Crippen molar-refractivity contribution in [1.29, 1.82) is 0 Å². The highest BCUT2D eigenvalue weighted by atomic mass is 32.2. The predicted molar refractivity (Wildman–Crippen MR) is 148 cm³/mol. The molecule has 0 bridgehead atoms. The number of benzene rings is 4. The lowest BCUT2D eigenvalue weighted by molar-refractivity contribution is 0.0428. The van der Waals surface area contributed by atoms with E-state index in [0.29, 0.717) is 17.0 Å². The van der Waals surface area contributed by atoms with E-state index in [2.05, 4.69) is 4.72 Å². The lowest BCUT2D eigenvalue weighted by Gasteiger charge is -2.32. The molecule has 5 rings (SSSR count). The molecular weight excluding hydrogens is 496 g/mol. The van der Waals surface area contributed by atoms with Gasteiger partial charge in [-0.25, -0.2) is 18.1 Å². The number of aliphatic hydroxyl groups is 1. The number of sulfonamides is 1. The third-order valence-electron chi connectivity index (χ3n) is 6.83. The second-order valence-electron chi connectivity index (χ2n) is 9.45. The van der Waals surface area contributed by atoms with E-state index in [1.807, 2.05) is 97.9 Å². The van der Waals surface area contributed by atoms with Crippen LogP contribution in [0.1, 0.15) is 34.7 Å². The maximum Gasteiger partial charge on any atom is 0.241 e. The first-order valence-corrected chi connectivity index (χ1v) is 14.0. The second kappa shape index (κ2) is 10.9. The molecule has 0 aromatic heterocycles. The number of nitrogens with one attached hydrogen (secondary N) is 1. The molecule has 38 heavy (non-hydrogen) atoms. The van der Waals surface area contributed by atoms with Crippen molar-refractivity contribution >= 4 is 15.9 Å². The van der Waals surface area contributed by atoms with Gasteiger partial charge in [0.25, 0.3) is 0 Å². The van der Waals surface area contributed by atoms with Gasteiger partial charge < -0.3 is 9.84 Å². The van der Waals surface area contributed by atoms with Gasteiger partial charge in [-0.1, -0.05) is 109 Å². The Kier molecular flexibility index (Phi) is 7.42. The van der Waals surface area contributed by atoms with E-state index in [1.165, 1.54) is 0 Å². The van der Waals surface area contributed by atoms with Crippen LogP contribution in [0.3, 0.4) is 0 Å². The summed E-state index contributed by atoms with van der Waals surface area (Å²) in [5, 5.41) is 12.1. The van der Waals surface area contributed by atoms with Crippen LogP contribution in [0.2, 0.25) is 0 Å². The first-order chi connectivity index (χ1) is 18.4. The molecular formula is C31H30N2O4S. The van der Waals surface area contributed by atoms with Gasteiger partial charge in [-0.2, -0.15) is 0 Å². The maximum absolute atomic E-state index is 13.3. The highest BCUT2D eigenvalue weighted by Gasteiger charge is 2.43. The third-order valence-corrected chi connectivity index (χ3v) is 8.31. The first kappa shape index (κ1) is 25.9. The highest BCUT2D eigenvalue weighted by molar-refractivity contribution is 7.89. The molecule has 1 heterocycles. The smallest absolute Gasteiger partial charge is 0.241 e. The van der Waals surface area contributed by atoms with E-state index in [1.54, 1.807) is 24.3 Å². The average Bonchev–Trinajstić information content (AvgIpc) is 3.43. The molecule has 0 amide bonds. The van der Waals surface area contributed by atoms with Crippen molar-refractivity contribution in [1.82, 2.24) is 4.72 Å². The molecule has 194 valence electrons. The number of hydrogen-bond acceptors (Lipinski definition) is 5. The minimum absolute atomic E-state index is 0.168. The largest absolute Gasteiger partial charge is 0.478 e. The molecule has 7 heteroatoms. The molecule has 4 aromatic rings. The molecule has 0 saturated carbocycles. The number of hydrogen-bond donors (Lipinski definition) is 2. The maximum atomic E-state index is 13.3.